The Hall–Kier alpha value is -2.57. The Labute approximate surface area is 108 Å². The predicted molar refractivity (Wildman–Crippen MR) is 62.3 cm³/mol. The van der Waals surface area contributed by atoms with E-state index in [0.717, 1.165) is 0 Å². The second kappa shape index (κ2) is 5.38. The number of carbonyl (C=O) groups is 3. The molecule has 0 aliphatic carbocycles. The molecule has 0 saturated carbocycles. The van der Waals surface area contributed by atoms with E-state index in [2.05, 4.69) is 0 Å². The molecule has 7 heteroatoms. The number of aliphatic carboxylic acids is 2. The van der Waals surface area contributed by atoms with Crippen LogP contribution >= 0.6 is 0 Å². The monoisotopic (exact) mass is 268 g/mol. The molecule has 0 unspecified atom stereocenters. The maximum Gasteiger partial charge on any atom is 0.360 e. The molecule has 0 aliphatic rings. The molecule has 0 heterocycles. The highest BCUT2D eigenvalue weighted by Gasteiger charge is 2.48. The zero-order chi connectivity index (χ0) is 14.6. The molecule has 3 N–H and O–H groups in total. The predicted octanol–water partition coefficient (Wildman–Crippen LogP) is 1.08. The molecule has 0 aromatic heterocycles. The lowest BCUT2D eigenvalue weighted by Gasteiger charge is -2.25. The van der Waals surface area contributed by atoms with Crippen LogP contribution in [-0.2, 0) is 9.59 Å². The van der Waals surface area contributed by atoms with E-state index in [-0.39, 0.29) is 17.7 Å². The minimum Gasteiger partial charge on any atom is -0.478 e. The van der Waals surface area contributed by atoms with Gasteiger partial charge in [0.25, 0.3) is 5.60 Å². The van der Waals surface area contributed by atoms with Crippen LogP contribution < -0.4 is 4.74 Å². The quantitative estimate of drug-likeness (QED) is 0.660. The van der Waals surface area contributed by atoms with Gasteiger partial charge in [-0.3, -0.25) is 0 Å². The number of hydrogen-bond acceptors (Lipinski definition) is 4. The fourth-order valence-corrected chi connectivity index (χ4v) is 1.47. The van der Waals surface area contributed by atoms with Crippen LogP contribution in [0.2, 0.25) is 0 Å². The molecule has 7 nitrogen and oxygen atoms in total. The SMILES string of the molecule is CCC(Oc1ccccc1C(=O)O)(C(=O)O)C(=O)O. The highest BCUT2D eigenvalue weighted by molar-refractivity contribution is 6.02. The van der Waals surface area contributed by atoms with Gasteiger partial charge in [0.15, 0.2) is 0 Å². The van der Waals surface area contributed by atoms with Crippen molar-refractivity contribution < 1.29 is 34.4 Å². The Kier molecular flexibility index (Phi) is 4.11. The summed E-state index contributed by atoms with van der Waals surface area (Å²) in [6.45, 7) is 1.33. The third kappa shape index (κ3) is 2.65. The molecule has 1 rings (SSSR count). The Balaban J connectivity index is 3.29. The van der Waals surface area contributed by atoms with E-state index in [0.29, 0.717) is 0 Å². The molecule has 0 spiro atoms. The minimum absolute atomic E-state index is 0.303. The normalized spacial score (nSPS) is 10.8. The molecule has 0 radical (unpaired) electrons. The number of ether oxygens (including phenoxy) is 1. The van der Waals surface area contributed by atoms with Crippen LogP contribution in [0.1, 0.15) is 23.7 Å². The van der Waals surface area contributed by atoms with E-state index in [4.69, 9.17) is 20.1 Å². The zero-order valence-corrected chi connectivity index (χ0v) is 9.99. The first-order valence-electron chi connectivity index (χ1n) is 5.33. The third-order valence-corrected chi connectivity index (χ3v) is 2.59. The summed E-state index contributed by atoms with van der Waals surface area (Å²) in [5.41, 5.74) is -2.81. The summed E-state index contributed by atoms with van der Waals surface area (Å²) < 4.78 is 4.99. The first kappa shape index (κ1) is 14.5. The largest absolute Gasteiger partial charge is 0.478 e. The second-order valence-electron chi connectivity index (χ2n) is 3.69. The number of para-hydroxylation sites is 1. The fourth-order valence-electron chi connectivity index (χ4n) is 1.47. The summed E-state index contributed by atoms with van der Waals surface area (Å²) in [5.74, 6) is -5.02. The lowest BCUT2D eigenvalue weighted by atomic mass is 10.0. The molecule has 1 aromatic carbocycles. The summed E-state index contributed by atoms with van der Waals surface area (Å²) in [4.78, 5) is 33.2. The first-order chi connectivity index (χ1) is 8.85. The molecule has 102 valence electrons. The highest BCUT2D eigenvalue weighted by atomic mass is 16.6. The summed E-state index contributed by atoms with van der Waals surface area (Å²) in [7, 11) is 0. The molecule has 0 fully saturated rings. The number of carboxylic acids is 3. The number of rotatable bonds is 6. The average molecular weight is 268 g/mol. The van der Waals surface area contributed by atoms with Gasteiger partial charge < -0.3 is 20.1 Å². The minimum atomic E-state index is -2.51. The van der Waals surface area contributed by atoms with Gasteiger partial charge in [-0.15, -0.1) is 0 Å². The van der Waals surface area contributed by atoms with Gasteiger partial charge in [0.2, 0.25) is 0 Å². The average Bonchev–Trinajstić information content (AvgIpc) is 2.35. The van der Waals surface area contributed by atoms with Gasteiger partial charge in [0, 0.05) is 6.42 Å². The van der Waals surface area contributed by atoms with E-state index in [1.807, 2.05) is 0 Å². The molecule has 0 atom stereocenters. The van der Waals surface area contributed by atoms with Crippen molar-refractivity contribution in [2.75, 3.05) is 0 Å². The van der Waals surface area contributed by atoms with E-state index < -0.39 is 23.5 Å². The fraction of sp³-hybridized carbons (Fsp3) is 0.250. The zero-order valence-electron chi connectivity index (χ0n) is 9.99. The summed E-state index contributed by atoms with van der Waals surface area (Å²) in [6.07, 6.45) is -0.356. The number of carboxylic acid groups (broad SMARTS) is 3. The highest BCUT2D eigenvalue weighted by Crippen LogP contribution is 2.26. The Morgan fingerprint density at radius 2 is 1.63 bits per heavy atom. The molecule has 0 saturated heterocycles. The Bertz CT molecular complexity index is 507. The van der Waals surface area contributed by atoms with Gasteiger partial charge in [-0.05, 0) is 12.1 Å². The van der Waals surface area contributed by atoms with Crippen molar-refractivity contribution in [3.05, 3.63) is 29.8 Å². The van der Waals surface area contributed by atoms with Crippen LogP contribution in [0.3, 0.4) is 0 Å². The van der Waals surface area contributed by atoms with Gasteiger partial charge >= 0.3 is 17.9 Å². The van der Waals surface area contributed by atoms with E-state index in [1.54, 1.807) is 0 Å². The molecule has 0 aliphatic heterocycles. The lowest BCUT2D eigenvalue weighted by molar-refractivity contribution is -0.172. The van der Waals surface area contributed by atoms with Crippen LogP contribution in [0.15, 0.2) is 24.3 Å². The Morgan fingerprint density at radius 1 is 1.11 bits per heavy atom. The van der Waals surface area contributed by atoms with Crippen LogP contribution in [-0.4, -0.2) is 38.8 Å². The van der Waals surface area contributed by atoms with E-state index >= 15 is 0 Å². The number of hydrogen-bond donors (Lipinski definition) is 3. The van der Waals surface area contributed by atoms with Crippen LogP contribution in [0.5, 0.6) is 5.75 Å². The van der Waals surface area contributed by atoms with Crippen LogP contribution in [0, 0.1) is 0 Å². The third-order valence-electron chi connectivity index (χ3n) is 2.59. The van der Waals surface area contributed by atoms with Gasteiger partial charge in [0.05, 0.1) is 0 Å². The van der Waals surface area contributed by atoms with Gasteiger partial charge in [-0.1, -0.05) is 19.1 Å². The van der Waals surface area contributed by atoms with Gasteiger partial charge in [-0.2, -0.15) is 0 Å². The van der Waals surface area contributed by atoms with Crippen molar-refractivity contribution in [3.63, 3.8) is 0 Å². The summed E-state index contributed by atoms with van der Waals surface area (Å²) in [6, 6.07) is 5.25. The smallest absolute Gasteiger partial charge is 0.360 e. The summed E-state index contributed by atoms with van der Waals surface area (Å²) >= 11 is 0. The Morgan fingerprint density at radius 3 is 2.05 bits per heavy atom. The van der Waals surface area contributed by atoms with Crippen molar-refractivity contribution in [2.45, 2.75) is 18.9 Å². The molecular weight excluding hydrogens is 256 g/mol. The van der Waals surface area contributed by atoms with Crippen molar-refractivity contribution in [1.29, 1.82) is 0 Å². The second-order valence-corrected chi connectivity index (χ2v) is 3.69. The maximum absolute atomic E-state index is 11.1. The van der Waals surface area contributed by atoms with E-state index in [9.17, 15) is 14.4 Å². The first-order valence-corrected chi connectivity index (χ1v) is 5.33. The molecule has 0 bridgehead atoms. The van der Waals surface area contributed by atoms with Crippen molar-refractivity contribution >= 4 is 17.9 Å². The standard InChI is InChI=1S/C12H12O7/c1-2-12(10(15)16,11(17)18)19-8-6-4-3-5-7(8)9(13)14/h3-6H,2H2,1H3,(H,13,14)(H,15,16)(H,17,18). The molecule has 0 amide bonds. The van der Waals surface area contributed by atoms with Crippen molar-refractivity contribution in [2.24, 2.45) is 0 Å². The van der Waals surface area contributed by atoms with Crippen LogP contribution in [0.4, 0.5) is 0 Å². The van der Waals surface area contributed by atoms with Crippen molar-refractivity contribution in [3.8, 4) is 5.75 Å². The van der Waals surface area contributed by atoms with Gasteiger partial charge in [0.1, 0.15) is 11.3 Å². The maximum atomic E-state index is 11.1. The van der Waals surface area contributed by atoms with Crippen molar-refractivity contribution in [1.82, 2.24) is 0 Å². The summed E-state index contributed by atoms with van der Waals surface area (Å²) in [5, 5.41) is 27.0. The lowest BCUT2D eigenvalue weighted by Crippen LogP contribution is -2.51. The molecular formula is C12H12O7. The van der Waals surface area contributed by atoms with Gasteiger partial charge in [-0.25, -0.2) is 14.4 Å². The van der Waals surface area contributed by atoms with E-state index in [1.165, 1.54) is 31.2 Å². The number of aromatic carboxylic acids is 1. The molecule has 19 heavy (non-hydrogen) atoms. The number of benzene rings is 1. The topological polar surface area (TPSA) is 121 Å². The van der Waals surface area contributed by atoms with Crippen LogP contribution in [0.25, 0.3) is 0 Å². The molecule has 1 aromatic rings.